The SMILES string of the molecule is COC(=O)c1cc(N)cc(Cl)c1NCCSC(F)(F)F. The van der Waals surface area contributed by atoms with Gasteiger partial charge in [-0.1, -0.05) is 11.6 Å². The number of nitrogens with one attached hydrogen (secondary N) is 1. The smallest absolute Gasteiger partial charge is 0.441 e. The lowest BCUT2D eigenvalue weighted by Gasteiger charge is -2.14. The van der Waals surface area contributed by atoms with E-state index >= 15 is 0 Å². The van der Waals surface area contributed by atoms with Gasteiger partial charge in [-0.2, -0.15) is 13.2 Å². The maximum absolute atomic E-state index is 12.0. The number of thioether (sulfide) groups is 1. The molecule has 0 atom stereocenters. The van der Waals surface area contributed by atoms with E-state index in [0.29, 0.717) is 0 Å². The summed E-state index contributed by atoms with van der Waals surface area (Å²) in [7, 11) is 1.18. The van der Waals surface area contributed by atoms with Gasteiger partial charge in [0.1, 0.15) is 0 Å². The third-order valence-corrected chi connectivity index (χ3v) is 3.22. The van der Waals surface area contributed by atoms with Gasteiger partial charge in [0, 0.05) is 18.0 Å². The van der Waals surface area contributed by atoms with Crippen LogP contribution >= 0.6 is 23.4 Å². The summed E-state index contributed by atoms with van der Waals surface area (Å²) in [5.74, 6) is -0.893. The Labute approximate surface area is 122 Å². The van der Waals surface area contributed by atoms with E-state index in [-0.39, 0.29) is 46.0 Å². The fourth-order valence-corrected chi connectivity index (χ4v) is 2.15. The number of nitrogen functional groups attached to an aromatic ring is 1. The molecule has 9 heteroatoms. The summed E-state index contributed by atoms with van der Waals surface area (Å²) in [6.07, 6.45) is 0. The summed E-state index contributed by atoms with van der Waals surface area (Å²) in [4.78, 5) is 11.6. The molecule has 0 fully saturated rings. The summed E-state index contributed by atoms with van der Waals surface area (Å²) in [5, 5.41) is 2.83. The molecule has 20 heavy (non-hydrogen) atoms. The van der Waals surface area contributed by atoms with Crippen LogP contribution in [-0.2, 0) is 4.74 Å². The van der Waals surface area contributed by atoms with E-state index in [1.807, 2.05) is 0 Å². The van der Waals surface area contributed by atoms with Gasteiger partial charge in [-0.25, -0.2) is 4.79 Å². The van der Waals surface area contributed by atoms with Crippen molar-refractivity contribution >= 4 is 40.7 Å². The summed E-state index contributed by atoms with van der Waals surface area (Å²) in [6.45, 7) is -0.0161. The molecule has 1 aromatic rings. The van der Waals surface area contributed by atoms with E-state index < -0.39 is 11.5 Å². The zero-order valence-electron chi connectivity index (χ0n) is 10.4. The first-order valence-electron chi connectivity index (χ1n) is 5.36. The number of hydrogen-bond acceptors (Lipinski definition) is 5. The van der Waals surface area contributed by atoms with Crippen LogP contribution in [0.25, 0.3) is 0 Å². The molecule has 0 saturated carbocycles. The number of carbonyl (C=O) groups excluding carboxylic acids is 1. The van der Waals surface area contributed by atoms with Crippen LogP contribution in [0.2, 0.25) is 5.02 Å². The zero-order valence-corrected chi connectivity index (χ0v) is 12.0. The Kier molecular flexibility index (Phi) is 5.82. The number of esters is 1. The second kappa shape index (κ2) is 6.94. The van der Waals surface area contributed by atoms with Crippen molar-refractivity contribution < 1.29 is 22.7 Å². The Morgan fingerprint density at radius 1 is 1.50 bits per heavy atom. The normalized spacial score (nSPS) is 11.2. The van der Waals surface area contributed by atoms with E-state index in [0.717, 1.165) is 0 Å². The van der Waals surface area contributed by atoms with Crippen molar-refractivity contribution in [2.45, 2.75) is 5.51 Å². The molecule has 0 amide bonds. The van der Waals surface area contributed by atoms with Gasteiger partial charge >= 0.3 is 11.5 Å². The third kappa shape index (κ3) is 5.01. The molecule has 1 aromatic carbocycles. The summed E-state index contributed by atoms with van der Waals surface area (Å²) in [5.41, 5.74) is 1.80. The molecule has 0 aromatic heterocycles. The molecular weight excluding hydrogens is 317 g/mol. The van der Waals surface area contributed by atoms with Gasteiger partial charge in [0.2, 0.25) is 0 Å². The zero-order chi connectivity index (χ0) is 15.3. The number of hydrogen-bond donors (Lipinski definition) is 2. The van der Waals surface area contributed by atoms with Crippen LogP contribution < -0.4 is 11.1 Å². The lowest BCUT2D eigenvalue weighted by molar-refractivity contribution is -0.0327. The predicted octanol–water partition coefficient (Wildman–Crippen LogP) is 3.37. The molecule has 0 saturated heterocycles. The van der Waals surface area contributed by atoms with Crippen LogP contribution in [0.4, 0.5) is 24.5 Å². The van der Waals surface area contributed by atoms with E-state index in [2.05, 4.69) is 10.1 Å². The Balaban J connectivity index is 2.80. The molecule has 0 aliphatic rings. The second-order valence-corrected chi connectivity index (χ2v) is 5.20. The largest absolute Gasteiger partial charge is 0.465 e. The maximum Gasteiger partial charge on any atom is 0.441 e. The van der Waals surface area contributed by atoms with Gasteiger partial charge in [-0.05, 0) is 23.9 Å². The van der Waals surface area contributed by atoms with Crippen molar-refractivity contribution in [3.63, 3.8) is 0 Å². The van der Waals surface area contributed by atoms with Gasteiger partial charge < -0.3 is 15.8 Å². The molecule has 0 radical (unpaired) electrons. The Morgan fingerprint density at radius 3 is 2.70 bits per heavy atom. The summed E-state index contributed by atoms with van der Waals surface area (Å²) >= 11 is 5.76. The fourth-order valence-electron chi connectivity index (χ4n) is 1.42. The number of methoxy groups -OCH3 is 1. The topological polar surface area (TPSA) is 64.3 Å². The van der Waals surface area contributed by atoms with Crippen LogP contribution in [0.1, 0.15) is 10.4 Å². The number of alkyl halides is 3. The standard InChI is InChI=1S/C11H12ClF3N2O2S/c1-19-10(18)7-4-6(16)5-8(12)9(7)17-2-3-20-11(13,14)15/h4-5,17H,2-3,16H2,1H3. The van der Waals surface area contributed by atoms with Crippen LogP contribution in [-0.4, -0.2) is 30.9 Å². The lowest BCUT2D eigenvalue weighted by Crippen LogP contribution is -2.13. The molecule has 0 heterocycles. The molecule has 0 unspecified atom stereocenters. The number of nitrogens with two attached hydrogens (primary N) is 1. The molecule has 0 spiro atoms. The molecule has 112 valence electrons. The first-order valence-corrected chi connectivity index (χ1v) is 6.73. The second-order valence-electron chi connectivity index (χ2n) is 3.64. The number of halogens is 4. The van der Waals surface area contributed by atoms with Crippen LogP contribution in [0.15, 0.2) is 12.1 Å². The molecule has 4 nitrogen and oxygen atoms in total. The quantitative estimate of drug-likeness (QED) is 0.493. The van der Waals surface area contributed by atoms with Gasteiger partial charge in [0.25, 0.3) is 0 Å². The minimum absolute atomic E-state index is 0.0161. The molecule has 3 N–H and O–H groups in total. The van der Waals surface area contributed by atoms with Crippen LogP contribution in [0, 0.1) is 0 Å². The summed E-state index contributed by atoms with van der Waals surface area (Å²) < 4.78 is 40.6. The van der Waals surface area contributed by atoms with Gasteiger partial charge in [0.15, 0.2) is 0 Å². The van der Waals surface area contributed by atoms with E-state index in [1.54, 1.807) is 0 Å². The lowest BCUT2D eigenvalue weighted by atomic mass is 10.1. The van der Waals surface area contributed by atoms with E-state index in [9.17, 15) is 18.0 Å². The predicted molar refractivity (Wildman–Crippen MR) is 74.2 cm³/mol. The Hall–Kier alpha value is -1.28. The number of carbonyl (C=O) groups is 1. The summed E-state index contributed by atoms with van der Waals surface area (Å²) in [6, 6.07) is 2.74. The first kappa shape index (κ1) is 16.8. The molecule has 1 rings (SSSR count). The van der Waals surface area contributed by atoms with Crippen molar-refractivity contribution in [3.8, 4) is 0 Å². The minimum atomic E-state index is -4.29. The van der Waals surface area contributed by atoms with Crippen molar-refractivity contribution in [1.82, 2.24) is 0 Å². The van der Waals surface area contributed by atoms with E-state index in [1.165, 1.54) is 19.2 Å². The van der Waals surface area contributed by atoms with Gasteiger partial charge in [0.05, 0.1) is 23.4 Å². The molecular formula is C11H12ClF3N2O2S. The average molecular weight is 329 g/mol. The maximum atomic E-state index is 12.0. The highest BCUT2D eigenvalue weighted by Crippen LogP contribution is 2.32. The highest BCUT2D eigenvalue weighted by Gasteiger charge is 2.27. The number of rotatable bonds is 5. The van der Waals surface area contributed by atoms with Crippen molar-refractivity contribution in [1.29, 1.82) is 0 Å². The van der Waals surface area contributed by atoms with Gasteiger partial charge in [-0.15, -0.1) is 0 Å². The molecule has 0 aliphatic heterocycles. The Morgan fingerprint density at radius 2 is 2.15 bits per heavy atom. The molecule has 0 bridgehead atoms. The number of anilines is 2. The van der Waals surface area contributed by atoms with Crippen LogP contribution in [0.3, 0.4) is 0 Å². The monoisotopic (exact) mass is 328 g/mol. The van der Waals surface area contributed by atoms with Gasteiger partial charge in [-0.3, -0.25) is 0 Å². The van der Waals surface area contributed by atoms with Crippen molar-refractivity contribution in [2.75, 3.05) is 30.5 Å². The van der Waals surface area contributed by atoms with Crippen molar-refractivity contribution in [3.05, 3.63) is 22.7 Å². The highest BCUT2D eigenvalue weighted by atomic mass is 35.5. The van der Waals surface area contributed by atoms with Crippen LogP contribution in [0.5, 0.6) is 0 Å². The first-order chi connectivity index (χ1) is 9.24. The average Bonchev–Trinajstić information content (AvgIpc) is 2.33. The number of ether oxygens (including phenoxy) is 1. The Bertz CT molecular complexity index is 497. The third-order valence-electron chi connectivity index (χ3n) is 2.19. The minimum Gasteiger partial charge on any atom is -0.465 e. The van der Waals surface area contributed by atoms with Crippen molar-refractivity contribution in [2.24, 2.45) is 0 Å². The number of benzene rings is 1. The van der Waals surface area contributed by atoms with E-state index in [4.69, 9.17) is 17.3 Å². The fraction of sp³-hybridized carbons (Fsp3) is 0.364. The molecule has 0 aliphatic carbocycles. The highest BCUT2D eigenvalue weighted by molar-refractivity contribution is 8.00.